The van der Waals surface area contributed by atoms with E-state index in [0.717, 1.165) is 34.9 Å². The van der Waals surface area contributed by atoms with Crippen molar-refractivity contribution in [1.82, 2.24) is 9.78 Å². The predicted octanol–water partition coefficient (Wildman–Crippen LogP) is 2.25. The molecule has 3 rings (SSSR count). The molecule has 19 heavy (non-hydrogen) atoms. The molecule has 0 radical (unpaired) electrons. The van der Waals surface area contributed by atoms with Crippen LogP contribution in [0.3, 0.4) is 0 Å². The quantitative estimate of drug-likeness (QED) is 0.936. The van der Waals surface area contributed by atoms with Crippen LogP contribution >= 0.6 is 11.6 Å². The molecule has 1 unspecified atom stereocenters. The largest absolute Gasteiger partial charge is 0.493 e. The number of aryl methyl sites for hydroxylation is 1. The summed E-state index contributed by atoms with van der Waals surface area (Å²) in [6, 6.07) is 3.82. The van der Waals surface area contributed by atoms with Gasteiger partial charge in [-0.3, -0.25) is 4.68 Å². The molecule has 2 heterocycles. The Labute approximate surface area is 117 Å². The summed E-state index contributed by atoms with van der Waals surface area (Å²) in [7, 11) is 1.89. The van der Waals surface area contributed by atoms with Gasteiger partial charge in [0.2, 0.25) is 0 Å². The van der Waals surface area contributed by atoms with Crippen molar-refractivity contribution in [2.24, 2.45) is 12.8 Å². The van der Waals surface area contributed by atoms with Crippen molar-refractivity contribution in [2.45, 2.75) is 18.9 Å². The summed E-state index contributed by atoms with van der Waals surface area (Å²) in [5.74, 6) is 0.962. The molecule has 0 spiro atoms. The third-order valence-corrected chi connectivity index (χ3v) is 3.64. The van der Waals surface area contributed by atoms with Crippen LogP contribution in [-0.2, 0) is 19.9 Å². The van der Waals surface area contributed by atoms with Crippen molar-refractivity contribution in [2.75, 3.05) is 6.61 Å². The third kappa shape index (κ3) is 2.46. The van der Waals surface area contributed by atoms with Gasteiger partial charge in [0.25, 0.3) is 0 Å². The predicted molar refractivity (Wildman–Crippen MR) is 74.5 cm³/mol. The Morgan fingerprint density at radius 3 is 3.11 bits per heavy atom. The van der Waals surface area contributed by atoms with Crippen LogP contribution in [0.15, 0.2) is 24.5 Å². The topological polar surface area (TPSA) is 53.1 Å². The van der Waals surface area contributed by atoms with E-state index in [0.29, 0.717) is 6.42 Å². The van der Waals surface area contributed by atoms with Gasteiger partial charge in [-0.15, -0.1) is 0 Å². The summed E-state index contributed by atoms with van der Waals surface area (Å²) in [5, 5.41) is 4.90. The average molecular weight is 278 g/mol. The second kappa shape index (κ2) is 4.87. The number of hydrogen-bond donors (Lipinski definition) is 1. The fraction of sp³-hybridized carbons (Fsp3) is 0.357. The van der Waals surface area contributed by atoms with E-state index in [2.05, 4.69) is 5.10 Å². The first-order valence-corrected chi connectivity index (χ1v) is 6.69. The lowest BCUT2D eigenvalue weighted by atomic mass is 9.99. The Balaban J connectivity index is 1.87. The zero-order valence-corrected chi connectivity index (χ0v) is 11.5. The number of halogens is 1. The van der Waals surface area contributed by atoms with E-state index in [-0.39, 0.29) is 6.04 Å². The second-order valence-corrected chi connectivity index (χ2v) is 5.35. The van der Waals surface area contributed by atoms with Crippen molar-refractivity contribution >= 4 is 11.6 Å². The molecule has 0 saturated carbocycles. The first-order chi connectivity index (χ1) is 9.13. The number of fused-ring (bicyclic) bond motifs is 1. The summed E-state index contributed by atoms with van der Waals surface area (Å²) in [6.45, 7) is 0.727. The maximum Gasteiger partial charge on any atom is 0.125 e. The van der Waals surface area contributed by atoms with E-state index in [4.69, 9.17) is 22.1 Å². The van der Waals surface area contributed by atoms with Gasteiger partial charge in [-0.1, -0.05) is 11.6 Å². The highest BCUT2D eigenvalue weighted by atomic mass is 35.5. The average Bonchev–Trinajstić information content (AvgIpc) is 2.97. The fourth-order valence-corrected chi connectivity index (χ4v) is 2.75. The molecule has 1 aliphatic heterocycles. The summed E-state index contributed by atoms with van der Waals surface area (Å²) in [6.07, 6.45) is 5.37. The molecule has 5 heteroatoms. The Bertz CT molecular complexity index is 609. The minimum absolute atomic E-state index is 0.0968. The van der Waals surface area contributed by atoms with Crippen LogP contribution in [0.2, 0.25) is 5.02 Å². The number of nitrogens with zero attached hydrogens (tertiary/aromatic N) is 2. The van der Waals surface area contributed by atoms with E-state index in [1.54, 1.807) is 10.9 Å². The standard InChI is InChI=1S/C14H16ClN3O/c1-18-8-11(7-17-18)13(16)6-10-5-12(15)4-9-2-3-19-14(9)10/h4-5,7-8,13H,2-3,6,16H2,1H3. The number of rotatable bonds is 3. The van der Waals surface area contributed by atoms with Gasteiger partial charge in [-0.05, 0) is 29.7 Å². The molecule has 0 amide bonds. The molecule has 0 bridgehead atoms. The van der Waals surface area contributed by atoms with Gasteiger partial charge >= 0.3 is 0 Å². The molecule has 2 N–H and O–H groups in total. The molecule has 1 aromatic heterocycles. The van der Waals surface area contributed by atoms with Crippen LogP contribution in [0.5, 0.6) is 5.75 Å². The zero-order valence-electron chi connectivity index (χ0n) is 10.8. The maximum atomic E-state index is 6.23. The van der Waals surface area contributed by atoms with Gasteiger partial charge in [0, 0.05) is 36.3 Å². The molecule has 1 atom stereocenters. The number of nitrogens with two attached hydrogens (primary N) is 1. The van der Waals surface area contributed by atoms with Gasteiger partial charge in [0.05, 0.1) is 12.8 Å². The highest BCUT2D eigenvalue weighted by Gasteiger charge is 2.20. The molecular formula is C14H16ClN3O. The molecule has 0 aliphatic carbocycles. The van der Waals surface area contributed by atoms with Crippen LogP contribution in [0.4, 0.5) is 0 Å². The molecule has 0 fully saturated rings. The number of hydrogen-bond acceptors (Lipinski definition) is 3. The van der Waals surface area contributed by atoms with Crippen molar-refractivity contribution in [3.8, 4) is 5.75 Å². The van der Waals surface area contributed by atoms with Crippen LogP contribution in [0.25, 0.3) is 0 Å². The van der Waals surface area contributed by atoms with E-state index in [1.165, 1.54) is 5.56 Å². The molecule has 100 valence electrons. The van der Waals surface area contributed by atoms with E-state index in [1.807, 2.05) is 25.4 Å². The lowest BCUT2D eigenvalue weighted by Crippen LogP contribution is -2.13. The van der Waals surface area contributed by atoms with E-state index < -0.39 is 0 Å². The first kappa shape index (κ1) is 12.5. The molecule has 4 nitrogen and oxygen atoms in total. The summed E-state index contributed by atoms with van der Waals surface area (Å²) in [5.41, 5.74) is 9.52. The van der Waals surface area contributed by atoms with Gasteiger partial charge < -0.3 is 10.5 Å². The Hall–Kier alpha value is -1.52. The SMILES string of the molecule is Cn1cc(C(N)Cc2cc(Cl)cc3c2OCC3)cn1. The monoisotopic (exact) mass is 277 g/mol. The van der Waals surface area contributed by atoms with Crippen LogP contribution < -0.4 is 10.5 Å². The van der Waals surface area contributed by atoms with Crippen molar-refractivity contribution in [3.05, 3.63) is 46.2 Å². The fourth-order valence-electron chi connectivity index (χ4n) is 2.48. The van der Waals surface area contributed by atoms with Gasteiger partial charge in [-0.2, -0.15) is 5.10 Å². The van der Waals surface area contributed by atoms with Gasteiger partial charge in [-0.25, -0.2) is 0 Å². The number of benzene rings is 1. The van der Waals surface area contributed by atoms with E-state index in [9.17, 15) is 0 Å². The normalized spacial score (nSPS) is 15.1. The highest BCUT2D eigenvalue weighted by Crippen LogP contribution is 2.34. The lowest BCUT2D eigenvalue weighted by molar-refractivity contribution is 0.352. The Morgan fingerprint density at radius 2 is 2.37 bits per heavy atom. The van der Waals surface area contributed by atoms with Gasteiger partial charge in [0.15, 0.2) is 0 Å². The van der Waals surface area contributed by atoms with Crippen molar-refractivity contribution in [1.29, 1.82) is 0 Å². The number of aromatic nitrogens is 2. The minimum atomic E-state index is -0.0968. The Morgan fingerprint density at radius 1 is 1.53 bits per heavy atom. The summed E-state index contributed by atoms with van der Waals surface area (Å²) >= 11 is 6.15. The second-order valence-electron chi connectivity index (χ2n) is 4.91. The highest BCUT2D eigenvalue weighted by molar-refractivity contribution is 6.30. The van der Waals surface area contributed by atoms with Crippen molar-refractivity contribution < 1.29 is 4.74 Å². The number of ether oxygens (including phenoxy) is 1. The molecule has 1 aromatic carbocycles. The first-order valence-electron chi connectivity index (χ1n) is 6.31. The van der Waals surface area contributed by atoms with Gasteiger partial charge in [0.1, 0.15) is 5.75 Å². The van der Waals surface area contributed by atoms with Crippen molar-refractivity contribution in [3.63, 3.8) is 0 Å². The maximum absolute atomic E-state index is 6.23. The Kier molecular flexibility index (Phi) is 3.21. The molecule has 0 saturated heterocycles. The van der Waals surface area contributed by atoms with Crippen LogP contribution in [0.1, 0.15) is 22.7 Å². The third-order valence-electron chi connectivity index (χ3n) is 3.42. The smallest absolute Gasteiger partial charge is 0.125 e. The van der Waals surface area contributed by atoms with E-state index >= 15 is 0 Å². The zero-order chi connectivity index (χ0) is 13.4. The van der Waals surface area contributed by atoms with Crippen LogP contribution in [0, 0.1) is 0 Å². The molecule has 2 aromatic rings. The minimum Gasteiger partial charge on any atom is -0.493 e. The summed E-state index contributed by atoms with van der Waals surface area (Å²) < 4.78 is 7.45. The molecule has 1 aliphatic rings. The molecular weight excluding hydrogens is 262 g/mol. The summed E-state index contributed by atoms with van der Waals surface area (Å²) in [4.78, 5) is 0. The lowest BCUT2D eigenvalue weighted by Gasteiger charge is -2.13. The van der Waals surface area contributed by atoms with Crippen LogP contribution in [-0.4, -0.2) is 16.4 Å².